The summed E-state index contributed by atoms with van der Waals surface area (Å²) in [7, 11) is 0. The van der Waals surface area contributed by atoms with Crippen molar-refractivity contribution in [3.63, 3.8) is 0 Å². The second-order valence-corrected chi connectivity index (χ2v) is 7.04. The summed E-state index contributed by atoms with van der Waals surface area (Å²) in [4.78, 5) is 24.5. The number of rotatable bonds is 4. The molecule has 0 fully saturated rings. The SMILES string of the molecule is Cc1nn(-c2ccccc2)c(C)c1CC(=O)NNC(=O)c1cc(Cl)ccc1Cl. The Labute approximate surface area is 172 Å². The number of carbonyl (C=O) groups is 2. The summed E-state index contributed by atoms with van der Waals surface area (Å²) in [5, 5.41) is 5.13. The Morgan fingerprint density at radius 3 is 2.46 bits per heavy atom. The molecule has 0 radical (unpaired) electrons. The van der Waals surface area contributed by atoms with Crippen LogP contribution in [0.1, 0.15) is 27.3 Å². The second-order valence-electron chi connectivity index (χ2n) is 6.20. The molecule has 0 saturated heterocycles. The van der Waals surface area contributed by atoms with E-state index in [1.165, 1.54) is 12.1 Å². The molecule has 1 heterocycles. The van der Waals surface area contributed by atoms with Gasteiger partial charge >= 0.3 is 0 Å². The second kappa shape index (κ2) is 8.46. The number of carbonyl (C=O) groups excluding carboxylic acids is 2. The van der Waals surface area contributed by atoms with Gasteiger partial charge in [0.05, 0.1) is 28.4 Å². The highest BCUT2D eigenvalue weighted by Gasteiger charge is 2.17. The molecule has 0 aliphatic carbocycles. The van der Waals surface area contributed by atoms with E-state index in [-0.39, 0.29) is 22.9 Å². The van der Waals surface area contributed by atoms with Crippen molar-refractivity contribution in [2.45, 2.75) is 20.3 Å². The highest BCUT2D eigenvalue weighted by atomic mass is 35.5. The third kappa shape index (κ3) is 4.35. The first kappa shape index (κ1) is 19.9. The normalized spacial score (nSPS) is 10.6. The van der Waals surface area contributed by atoms with E-state index in [1.807, 2.05) is 44.2 Å². The van der Waals surface area contributed by atoms with Crippen LogP contribution in [-0.2, 0) is 11.2 Å². The van der Waals surface area contributed by atoms with Crippen LogP contribution in [-0.4, -0.2) is 21.6 Å². The highest BCUT2D eigenvalue weighted by molar-refractivity contribution is 6.35. The van der Waals surface area contributed by atoms with Crippen LogP contribution < -0.4 is 10.9 Å². The smallest absolute Gasteiger partial charge is 0.271 e. The van der Waals surface area contributed by atoms with Crippen LogP contribution in [0, 0.1) is 13.8 Å². The first-order chi connectivity index (χ1) is 13.4. The lowest BCUT2D eigenvalue weighted by Crippen LogP contribution is -2.42. The van der Waals surface area contributed by atoms with Gasteiger partial charge in [0.1, 0.15) is 0 Å². The Bertz CT molecular complexity index is 1030. The fourth-order valence-corrected chi connectivity index (χ4v) is 3.20. The van der Waals surface area contributed by atoms with Crippen molar-refractivity contribution in [1.82, 2.24) is 20.6 Å². The number of halogens is 2. The quantitative estimate of drug-likeness (QED) is 0.634. The molecular weight excluding hydrogens is 399 g/mol. The number of para-hydroxylation sites is 1. The highest BCUT2D eigenvalue weighted by Crippen LogP contribution is 2.20. The molecule has 1 aromatic heterocycles. The lowest BCUT2D eigenvalue weighted by Gasteiger charge is -2.09. The van der Waals surface area contributed by atoms with E-state index < -0.39 is 5.91 Å². The molecule has 0 bridgehead atoms. The van der Waals surface area contributed by atoms with E-state index in [2.05, 4.69) is 16.0 Å². The van der Waals surface area contributed by atoms with Gasteiger partial charge in [0, 0.05) is 16.3 Å². The van der Waals surface area contributed by atoms with Crippen molar-refractivity contribution in [2.75, 3.05) is 0 Å². The van der Waals surface area contributed by atoms with Crippen molar-refractivity contribution in [2.24, 2.45) is 0 Å². The van der Waals surface area contributed by atoms with Gasteiger partial charge in [-0.1, -0.05) is 41.4 Å². The third-order valence-corrected chi connectivity index (χ3v) is 4.83. The molecule has 8 heteroatoms. The van der Waals surface area contributed by atoms with Crippen molar-refractivity contribution >= 4 is 35.0 Å². The zero-order valence-electron chi connectivity index (χ0n) is 15.3. The standard InChI is InChI=1S/C20H18Cl2N4O2/c1-12-16(13(2)26(25-12)15-6-4-3-5-7-15)11-19(27)23-24-20(28)17-10-14(21)8-9-18(17)22/h3-10H,11H2,1-2H3,(H,23,27)(H,24,28). The Kier molecular flexibility index (Phi) is 6.02. The third-order valence-electron chi connectivity index (χ3n) is 4.27. The number of hydrogen-bond donors (Lipinski definition) is 2. The van der Waals surface area contributed by atoms with Gasteiger partial charge in [-0.2, -0.15) is 5.10 Å². The largest absolute Gasteiger partial charge is 0.273 e. The monoisotopic (exact) mass is 416 g/mol. The molecule has 28 heavy (non-hydrogen) atoms. The van der Waals surface area contributed by atoms with E-state index in [9.17, 15) is 9.59 Å². The van der Waals surface area contributed by atoms with Crippen molar-refractivity contribution < 1.29 is 9.59 Å². The molecule has 0 atom stereocenters. The molecule has 6 nitrogen and oxygen atoms in total. The minimum atomic E-state index is -0.547. The van der Waals surface area contributed by atoms with Crippen LogP contribution in [0.25, 0.3) is 5.69 Å². The van der Waals surface area contributed by atoms with Gasteiger partial charge in [0.25, 0.3) is 5.91 Å². The van der Waals surface area contributed by atoms with Crippen LogP contribution >= 0.6 is 23.2 Å². The molecule has 2 N–H and O–H groups in total. The molecule has 2 aromatic carbocycles. The van der Waals surface area contributed by atoms with Crippen LogP contribution in [0.3, 0.4) is 0 Å². The first-order valence-corrected chi connectivity index (χ1v) is 9.27. The number of nitrogens with zero attached hydrogens (tertiary/aromatic N) is 2. The van der Waals surface area contributed by atoms with Gasteiger partial charge in [0.15, 0.2) is 0 Å². The first-order valence-electron chi connectivity index (χ1n) is 8.51. The van der Waals surface area contributed by atoms with Crippen LogP contribution in [0.5, 0.6) is 0 Å². The lowest BCUT2D eigenvalue weighted by molar-refractivity contribution is -0.121. The van der Waals surface area contributed by atoms with E-state index >= 15 is 0 Å². The maximum Gasteiger partial charge on any atom is 0.271 e. The average Bonchev–Trinajstić information content (AvgIpc) is 2.97. The van der Waals surface area contributed by atoms with E-state index in [4.69, 9.17) is 23.2 Å². The summed E-state index contributed by atoms with van der Waals surface area (Å²) >= 11 is 11.9. The van der Waals surface area contributed by atoms with E-state index in [0.717, 1.165) is 22.6 Å². The molecule has 3 aromatic rings. The molecule has 0 unspecified atom stereocenters. The molecule has 2 amide bonds. The van der Waals surface area contributed by atoms with Crippen LogP contribution in [0.4, 0.5) is 0 Å². The minimum Gasteiger partial charge on any atom is -0.273 e. The molecule has 0 aliphatic heterocycles. The lowest BCUT2D eigenvalue weighted by atomic mass is 10.1. The summed E-state index contributed by atoms with van der Waals surface area (Å²) in [6.07, 6.45) is 0.0774. The average molecular weight is 417 g/mol. The summed E-state index contributed by atoms with van der Waals surface area (Å²) in [6, 6.07) is 14.2. The summed E-state index contributed by atoms with van der Waals surface area (Å²) < 4.78 is 1.79. The summed E-state index contributed by atoms with van der Waals surface area (Å²) in [5.74, 6) is -0.917. The Morgan fingerprint density at radius 1 is 1.04 bits per heavy atom. The number of nitrogens with one attached hydrogen (secondary N) is 2. The number of aromatic nitrogens is 2. The topological polar surface area (TPSA) is 76.0 Å². The van der Waals surface area contributed by atoms with Gasteiger partial charge in [-0.3, -0.25) is 20.4 Å². The summed E-state index contributed by atoms with van der Waals surface area (Å²) in [5.41, 5.74) is 8.27. The Morgan fingerprint density at radius 2 is 1.75 bits per heavy atom. The molecule has 0 saturated carbocycles. The summed E-state index contributed by atoms with van der Waals surface area (Å²) in [6.45, 7) is 3.75. The Hall–Kier alpha value is -2.83. The van der Waals surface area contributed by atoms with E-state index in [0.29, 0.717) is 5.02 Å². The number of hydrazine groups is 1. The molecule has 0 spiro atoms. The zero-order chi connectivity index (χ0) is 20.3. The zero-order valence-corrected chi connectivity index (χ0v) is 16.8. The number of aryl methyl sites for hydroxylation is 1. The van der Waals surface area contributed by atoms with Crippen LogP contribution in [0.15, 0.2) is 48.5 Å². The van der Waals surface area contributed by atoms with Crippen molar-refractivity contribution in [3.05, 3.63) is 81.1 Å². The maximum absolute atomic E-state index is 12.3. The van der Waals surface area contributed by atoms with Gasteiger partial charge < -0.3 is 0 Å². The predicted molar refractivity (Wildman–Crippen MR) is 109 cm³/mol. The minimum absolute atomic E-state index is 0.0774. The van der Waals surface area contributed by atoms with Gasteiger partial charge in [-0.25, -0.2) is 4.68 Å². The number of benzene rings is 2. The Balaban J connectivity index is 1.68. The number of hydrogen-bond acceptors (Lipinski definition) is 3. The molecule has 0 aliphatic rings. The fourth-order valence-electron chi connectivity index (χ4n) is 2.82. The molecule has 3 rings (SSSR count). The molecule has 144 valence electrons. The predicted octanol–water partition coefficient (Wildman–Crippen LogP) is 3.80. The molecular formula is C20H18Cl2N4O2. The number of amides is 2. The maximum atomic E-state index is 12.3. The van der Waals surface area contributed by atoms with Gasteiger partial charge in [-0.05, 0) is 44.2 Å². The van der Waals surface area contributed by atoms with Gasteiger partial charge in [0.2, 0.25) is 5.91 Å². The van der Waals surface area contributed by atoms with E-state index in [1.54, 1.807) is 10.7 Å². The van der Waals surface area contributed by atoms with Crippen molar-refractivity contribution in [1.29, 1.82) is 0 Å². The van der Waals surface area contributed by atoms with Crippen molar-refractivity contribution in [3.8, 4) is 5.69 Å². The van der Waals surface area contributed by atoms with Crippen LogP contribution in [0.2, 0.25) is 10.0 Å². The fraction of sp³-hybridized carbons (Fsp3) is 0.150. The van der Waals surface area contributed by atoms with Gasteiger partial charge in [-0.15, -0.1) is 0 Å².